The Bertz CT molecular complexity index is 2420. The number of benzene rings is 4. The van der Waals surface area contributed by atoms with Crippen molar-refractivity contribution in [2.24, 2.45) is 28.1 Å². The van der Waals surface area contributed by atoms with Crippen molar-refractivity contribution in [1.82, 2.24) is 36.9 Å². The van der Waals surface area contributed by atoms with Gasteiger partial charge in [0.2, 0.25) is 29.5 Å². The number of rotatable bonds is 25. The molecule has 66 heavy (non-hydrogen) atoms. The number of primary amides is 1. The molecule has 0 saturated heterocycles. The average molecular weight is 900 g/mol. The van der Waals surface area contributed by atoms with E-state index in [4.69, 9.17) is 17.2 Å². The highest BCUT2D eigenvalue weighted by atomic mass is 16.2. The largest absolute Gasteiger partial charge is 0.370 e. The van der Waals surface area contributed by atoms with Crippen LogP contribution in [0.15, 0.2) is 120 Å². The van der Waals surface area contributed by atoms with Crippen LogP contribution in [-0.4, -0.2) is 83.6 Å². The van der Waals surface area contributed by atoms with Crippen LogP contribution in [0.2, 0.25) is 0 Å². The highest BCUT2D eigenvalue weighted by Crippen LogP contribution is 2.19. The molecule has 4 atom stereocenters. The van der Waals surface area contributed by atoms with Gasteiger partial charge in [-0.2, -0.15) is 0 Å². The van der Waals surface area contributed by atoms with Gasteiger partial charge in [-0.3, -0.25) is 33.8 Å². The Morgan fingerprint density at radius 1 is 0.621 bits per heavy atom. The molecule has 0 aliphatic carbocycles. The molecule has 1 aromatic heterocycles. The zero-order valence-electron chi connectivity index (χ0n) is 37.3. The number of fused-ring (bicyclic) bond motifs is 1. The molecule has 0 spiro atoms. The van der Waals surface area contributed by atoms with Crippen molar-refractivity contribution < 1.29 is 28.8 Å². The quantitative estimate of drug-likeness (QED) is 0.0233. The van der Waals surface area contributed by atoms with E-state index in [0.717, 1.165) is 33.2 Å². The van der Waals surface area contributed by atoms with Crippen LogP contribution in [0.1, 0.15) is 65.7 Å². The van der Waals surface area contributed by atoms with E-state index >= 15 is 0 Å². The fraction of sp³-hybridized carbons (Fsp3) is 0.327. The molecule has 5 aromatic rings. The number of aromatic amines is 1. The maximum absolute atomic E-state index is 13.9. The summed E-state index contributed by atoms with van der Waals surface area (Å²) in [5.74, 6) is -4.07. The summed E-state index contributed by atoms with van der Waals surface area (Å²) in [6, 6.07) is 29.3. The summed E-state index contributed by atoms with van der Waals surface area (Å²) >= 11 is 0. The van der Waals surface area contributed by atoms with Crippen molar-refractivity contribution in [3.05, 3.63) is 143 Å². The summed E-state index contributed by atoms with van der Waals surface area (Å²) in [6.45, 7) is 4.67. The number of carbonyl (C=O) groups excluding carboxylic acids is 6. The first kappa shape index (κ1) is 49.5. The van der Waals surface area contributed by atoms with Crippen molar-refractivity contribution in [1.29, 1.82) is 0 Å². The SMILES string of the molecule is CC(C)C[C@H](NC(=O)CNC(=O)[C@H](Cc1ccccc1)NC(=O)c1ccc(CNCc2ccccc2)cc1)C(=O)N[C@@H](CCCN=C(N)N)C(=O)N[C@@H](Cc1c[nH]c2ccccc12)C(N)=O. The third-order valence-corrected chi connectivity index (χ3v) is 10.7. The molecule has 6 amide bonds. The van der Waals surface area contributed by atoms with Crippen LogP contribution in [0, 0.1) is 5.92 Å². The number of guanidine groups is 1. The number of nitrogens with zero attached hydrogens (tertiary/aromatic N) is 1. The molecule has 17 nitrogen and oxygen atoms in total. The molecule has 0 unspecified atom stereocenters. The minimum Gasteiger partial charge on any atom is -0.370 e. The van der Waals surface area contributed by atoms with Gasteiger partial charge < -0.3 is 54.1 Å². The Morgan fingerprint density at radius 2 is 1.23 bits per heavy atom. The predicted molar refractivity (Wildman–Crippen MR) is 254 cm³/mol. The topological polar surface area (TPSA) is 281 Å². The molecular formula is C49H61N11O6. The second kappa shape index (κ2) is 25.1. The Balaban J connectivity index is 1.21. The summed E-state index contributed by atoms with van der Waals surface area (Å²) in [5, 5.41) is 17.8. The first-order valence-electron chi connectivity index (χ1n) is 22.0. The van der Waals surface area contributed by atoms with Gasteiger partial charge in [0.1, 0.15) is 24.2 Å². The Kier molecular flexibility index (Phi) is 18.8. The zero-order valence-corrected chi connectivity index (χ0v) is 37.3. The van der Waals surface area contributed by atoms with Gasteiger partial charge in [-0.25, -0.2) is 0 Å². The number of aliphatic imine (C=N–C) groups is 1. The summed E-state index contributed by atoms with van der Waals surface area (Å²) in [7, 11) is 0. The van der Waals surface area contributed by atoms with E-state index < -0.39 is 66.2 Å². The normalized spacial score (nSPS) is 12.8. The average Bonchev–Trinajstić information content (AvgIpc) is 3.71. The molecule has 0 aliphatic heterocycles. The van der Waals surface area contributed by atoms with E-state index in [1.807, 2.05) is 111 Å². The summed E-state index contributed by atoms with van der Waals surface area (Å²) in [6.07, 6.45) is 2.53. The van der Waals surface area contributed by atoms with Crippen LogP contribution in [0.4, 0.5) is 0 Å². The van der Waals surface area contributed by atoms with E-state index in [0.29, 0.717) is 18.7 Å². The minimum atomic E-state index is -1.17. The van der Waals surface area contributed by atoms with Crippen molar-refractivity contribution in [2.75, 3.05) is 13.1 Å². The fourth-order valence-corrected chi connectivity index (χ4v) is 7.32. The first-order valence-corrected chi connectivity index (χ1v) is 22.0. The van der Waals surface area contributed by atoms with Gasteiger partial charge in [0.25, 0.3) is 5.91 Å². The third kappa shape index (κ3) is 15.9. The lowest BCUT2D eigenvalue weighted by Crippen LogP contribution is -2.57. The van der Waals surface area contributed by atoms with Crippen molar-refractivity contribution in [3.63, 3.8) is 0 Å². The Hall–Kier alpha value is -7.53. The van der Waals surface area contributed by atoms with Gasteiger partial charge >= 0.3 is 0 Å². The molecule has 348 valence electrons. The molecule has 17 heteroatoms. The number of aromatic nitrogens is 1. The van der Waals surface area contributed by atoms with Gasteiger partial charge in [-0.1, -0.05) is 105 Å². The van der Waals surface area contributed by atoms with Gasteiger partial charge in [0.05, 0.1) is 6.54 Å². The number of hydrogen-bond donors (Lipinski definition) is 10. The van der Waals surface area contributed by atoms with E-state index in [1.165, 1.54) is 0 Å². The lowest BCUT2D eigenvalue weighted by atomic mass is 10.0. The second-order valence-electron chi connectivity index (χ2n) is 16.5. The van der Waals surface area contributed by atoms with Gasteiger partial charge in [0, 0.05) is 55.1 Å². The standard InChI is InChI=1S/C49H61N11O6/c1-31(2)24-41(48(66)58-39(18-11-23-54-49(51)52)47(65)59-40(44(50)62)26-36-29-55-38-17-10-9-16-37(36)38)57-43(61)30-56-46(64)42(25-32-12-5-3-6-13-32)60-45(63)35-21-19-34(20-22-35)28-53-27-33-14-7-4-8-15-33/h3-10,12-17,19-22,29,31,39-42,53,55H,11,18,23-28,30H2,1-2H3,(H2,50,62)(H,56,64)(H,57,61)(H,58,66)(H,59,65)(H,60,63)(H4,51,52,54)/t39-,40-,41-,42-/m0/s1. The summed E-state index contributed by atoms with van der Waals surface area (Å²) in [4.78, 5) is 88.1. The van der Waals surface area contributed by atoms with Gasteiger partial charge in [-0.15, -0.1) is 0 Å². The summed E-state index contributed by atoms with van der Waals surface area (Å²) < 4.78 is 0. The van der Waals surface area contributed by atoms with Crippen LogP contribution in [0.5, 0.6) is 0 Å². The van der Waals surface area contributed by atoms with E-state index in [9.17, 15) is 28.8 Å². The van der Waals surface area contributed by atoms with Crippen LogP contribution in [-0.2, 0) is 49.9 Å². The molecular weight excluding hydrogens is 839 g/mol. The first-order chi connectivity index (χ1) is 31.7. The van der Waals surface area contributed by atoms with Crippen molar-refractivity contribution in [2.45, 2.75) is 83.2 Å². The monoisotopic (exact) mass is 899 g/mol. The number of amides is 6. The lowest BCUT2D eigenvalue weighted by molar-refractivity contribution is -0.133. The van der Waals surface area contributed by atoms with E-state index in [2.05, 4.69) is 41.9 Å². The number of H-pyrrole nitrogens is 1. The molecule has 0 saturated carbocycles. The van der Waals surface area contributed by atoms with E-state index in [1.54, 1.807) is 18.3 Å². The minimum absolute atomic E-state index is 0.0784. The van der Waals surface area contributed by atoms with Gasteiger partial charge in [0.15, 0.2) is 5.96 Å². The molecule has 5 rings (SSSR count). The molecule has 1 heterocycles. The Morgan fingerprint density at radius 3 is 1.88 bits per heavy atom. The highest BCUT2D eigenvalue weighted by Gasteiger charge is 2.30. The third-order valence-electron chi connectivity index (χ3n) is 10.7. The van der Waals surface area contributed by atoms with E-state index in [-0.39, 0.29) is 50.5 Å². The molecule has 4 aromatic carbocycles. The van der Waals surface area contributed by atoms with Gasteiger partial charge in [-0.05, 0) is 65.6 Å². The number of hydrogen-bond acceptors (Lipinski definition) is 8. The Labute approximate surface area is 384 Å². The maximum atomic E-state index is 13.9. The molecule has 13 N–H and O–H groups in total. The second-order valence-corrected chi connectivity index (χ2v) is 16.5. The number of carbonyl (C=O) groups is 6. The van der Waals surface area contributed by atoms with Crippen molar-refractivity contribution in [3.8, 4) is 0 Å². The van der Waals surface area contributed by atoms with Crippen LogP contribution >= 0.6 is 0 Å². The number of para-hydroxylation sites is 1. The predicted octanol–water partition coefficient (Wildman–Crippen LogP) is 2.20. The molecule has 0 fully saturated rings. The number of nitrogens with one attached hydrogen (secondary N) is 7. The van der Waals surface area contributed by atoms with Crippen LogP contribution in [0.25, 0.3) is 10.9 Å². The zero-order chi connectivity index (χ0) is 47.4. The smallest absolute Gasteiger partial charge is 0.251 e. The molecule has 0 aliphatic rings. The molecule has 0 bridgehead atoms. The highest BCUT2D eigenvalue weighted by molar-refractivity contribution is 5.99. The maximum Gasteiger partial charge on any atom is 0.251 e. The fourth-order valence-electron chi connectivity index (χ4n) is 7.32. The summed E-state index contributed by atoms with van der Waals surface area (Å²) in [5.41, 5.74) is 21.6. The van der Waals surface area contributed by atoms with Crippen molar-refractivity contribution >= 4 is 52.3 Å². The number of nitrogens with two attached hydrogens (primary N) is 3. The van der Waals surface area contributed by atoms with Crippen LogP contribution < -0.4 is 49.1 Å². The lowest BCUT2D eigenvalue weighted by Gasteiger charge is -2.26. The van der Waals surface area contributed by atoms with Crippen LogP contribution in [0.3, 0.4) is 0 Å². The molecule has 0 radical (unpaired) electrons.